The Morgan fingerprint density at radius 3 is 2.56 bits per heavy atom. The predicted molar refractivity (Wildman–Crippen MR) is 97.8 cm³/mol. The normalized spacial score (nSPS) is 11.5. The van der Waals surface area contributed by atoms with Crippen LogP contribution < -0.4 is 5.32 Å². The van der Waals surface area contributed by atoms with Gasteiger partial charge in [-0.15, -0.1) is 11.8 Å². The van der Waals surface area contributed by atoms with Gasteiger partial charge in [0.25, 0.3) is 0 Å². The predicted octanol–water partition coefficient (Wildman–Crippen LogP) is 2.95. The molecule has 1 aromatic carbocycles. The van der Waals surface area contributed by atoms with Gasteiger partial charge in [-0.2, -0.15) is 0 Å². The number of methoxy groups -OCH3 is 1. The molecule has 0 aliphatic carbocycles. The highest BCUT2D eigenvalue weighted by molar-refractivity contribution is 7.99. The van der Waals surface area contributed by atoms with E-state index in [1.54, 1.807) is 25.8 Å². The Bertz CT molecular complexity index is 573. The zero-order valence-corrected chi connectivity index (χ0v) is 15.7. The number of nitrogens with one attached hydrogen (secondary N) is 1. The van der Waals surface area contributed by atoms with Gasteiger partial charge in [-0.25, -0.2) is 9.59 Å². The van der Waals surface area contributed by atoms with E-state index in [9.17, 15) is 9.59 Å². The average Bonchev–Trinajstić information content (AvgIpc) is 2.58. The van der Waals surface area contributed by atoms with E-state index in [2.05, 4.69) is 11.9 Å². The number of alkyl carbamates (subject to hydrolysis) is 1. The smallest absolute Gasteiger partial charge is 0.407 e. The Morgan fingerprint density at radius 1 is 1.28 bits per heavy atom. The molecule has 0 aliphatic heterocycles. The van der Waals surface area contributed by atoms with Crippen molar-refractivity contribution < 1.29 is 23.8 Å². The van der Waals surface area contributed by atoms with Crippen LogP contribution in [0.2, 0.25) is 0 Å². The van der Waals surface area contributed by atoms with Gasteiger partial charge in [-0.3, -0.25) is 0 Å². The van der Waals surface area contributed by atoms with Crippen LogP contribution in [0.3, 0.4) is 0 Å². The number of amides is 1. The lowest BCUT2D eigenvalue weighted by Crippen LogP contribution is -2.34. The second-order valence-corrected chi connectivity index (χ2v) is 6.54. The molecule has 1 unspecified atom stereocenters. The number of carbonyl (C=O) groups excluding carboxylic acids is 2. The molecule has 1 atom stereocenters. The fourth-order valence-corrected chi connectivity index (χ4v) is 2.61. The van der Waals surface area contributed by atoms with E-state index in [0.717, 1.165) is 4.90 Å². The van der Waals surface area contributed by atoms with Crippen molar-refractivity contribution in [1.82, 2.24) is 5.32 Å². The third-order valence-electron chi connectivity index (χ3n) is 3.04. The first-order chi connectivity index (χ1) is 11.9. The molecule has 25 heavy (non-hydrogen) atoms. The number of ether oxygens (including phenoxy) is 3. The molecule has 1 amide bonds. The summed E-state index contributed by atoms with van der Waals surface area (Å²) in [4.78, 5) is 24.1. The maximum Gasteiger partial charge on any atom is 0.407 e. The second kappa shape index (κ2) is 11.5. The number of rotatable bonds is 10. The number of thioether (sulfide) groups is 1. The van der Waals surface area contributed by atoms with Crippen LogP contribution in [0.25, 0.3) is 0 Å². The summed E-state index contributed by atoms with van der Waals surface area (Å²) in [6.45, 7) is 7.60. The third-order valence-corrected chi connectivity index (χ3v) is 4.18. The largest absolute Gasteiger partial charge is 0.460 e. The lowest BCUT2D eigenvalue weighted by atomic mass is 10.2. The van der Waals surface area contributed by atoms with Crippen LogP contribution in [0.4, 0.5) is 4.79 Å². The van der Waals surface area contributed by atoms with Crippen LogP contribution in [0, 0.1) is 6.92 Å². The molecule has 0 spiro atoms. The minimum atomic E-state index is -0.571. The van der Waals surface area contributed by atoms with Crippen molar-refractivity contribution >= 4 is 23.8 Å². The van der Waals surface area contributed by atoms with E-state index in [4.69, 9.17) is 14.2 Å². The van der Waals surface area contributed by atoms with Crippen LogP contribution in [-0.4, -0.2) is 50.8 Å². The highest BCUT2D eigenvalue weighted by Gasteiger charge is 2.15. The van der Waals surface area contributed by atoms with Gasteiger partial charge in [0.2, 0.25) is 0 Å². The number of esters is 1. The first kappa shape index (κ1) is 21.1. The number of benzene rings is 1. The standard InChI is InChI=1S/C18H25NO5S/c1-13(2)17(20)23-10-9-19-18(21)24-15(11-22-4)12-25-16-7-5-14(3)6-8-16/h5-8,15H,1,9-12H2,2-4H3,(H,19,21). The highest BCUT2D eigenvalue weighted by Crippen LogP contribution is 2.20. The van der Waals surface area contributed by atoms with Gasteiger partial charge >= 0.3 is 12.1 Å². The molecule has 1 N–H and O–H groups in total. The number of hydrogen-bond donors (Lipinski definition) is 1. The summed E-state index contributed by atoms with van der Waals surface area (Å²) in [5, 5.41) is 2.54. The Labute approximate surface area is 152 Å². The van der Waals surface area contributed by atoms with E-state index < -0.39 is 12.1 Å². The van der Waals surface area contributed by atoms with Gasteiger partial charge < -0.3 is 19.5 Å². The molecular weight excluding hydrogens is 342 g/mol. The summed E-state index contributed by atoms with van der Waals surface area (Å²) in [6.07, 6.45) is -0.952. The van der Waals surface area contributed by atoms with Crippen LogP contribution in [0.1, 0.15) is 12.5 Å². The molecule has 0 fully saturated rings. The van der Waals surface area contributed by atoms with E-state index >= 15 is 0 Å². The van der Waals surface area contributed by atoms with Gasteiger partial charge in [0.15, 0.2) is 0 Å². The third kappa shape index (κ3) is 9.16. The molecule has 0 aromatic heterocycles. The average molecular weight is 367 g/mol. The Kier molecular flexibility index (Phi) is 9.72. The lowest BCUT2D eigenvalue weighted by Gasteiger charge is -2.17. The molecule has 7 heteroatoms. The Morgan fingerprint density at radius 2 is 1.96 bits per heavy atom. The number of carbonyl (C=O) groups is 2. The minimum Gasteiger partial charge on any atom is -0.460 e. The molecule has 0 saturated carbocycles. The molecule has 0 radical (unpaired) electrons. The van der Waals surface area contributed by atoms with Crippen molar-refractivity contribution in [2.45, 2.75) is 24.8 Å². The molecule has 1 aromatic rings. The van der Waals surface area contributed by atoms with Gasteiger partial charge in [0, 0.05) is 23.3 Å². The van der Waals surface area contributed by atoms with Gasteiger partial charge in [0.1, 0.15) is 12.7 Å². The van der Waals surface area contributed by atoms with Crippen molar-refractivity contribution in [2.24, 2.45) is 0 Å². The molecular formula is C18H25NO5S. The maximum atomic E-state index is 11.8. The van der Waals surface area contributed by atoms with Gasteiger partial charge in [0.05, 0.1) is 13.2 Å². The maximum absolute atomic E-state index is 11.8. The minimum absolute atomic E-state index is 0.0633. The summed E-state index contributed by atoms with van der Waals surface area (Å²) >= 11 is 1.59. The van der Waals surface area contributed by atoms with E-state index in [1.807, 2.05) is 31.2 Å². The Hall–Kier alpha value is -1.99. The second-order valence-electron chi connectivity index (χ2n) is 5.45. The van der Waals surface area contributed by atoms with Crippen LogP contribution in [0.15, 0.2) is 41.3 Å². The van der Waals surface area contributed by atoms with Crippen molar-refractivity contribution in [3.63, 3.8) is 0 Å². The summed E-state index contributed by atoms with van der Waals surface area (Å²) in [5.41, 5.74) is 1.51. The molecule has 0 saturated heterocycles. The molecule has 138 valence electrons. The fraction of sp³-hybridized carbons (Fsp3) is 0.444. The summed E-state index contributed by atoms with van der Waals surface area (Å²) in [7, 11) is 1.56. The van der Waals surface area contributed by atoms with E-state index in [0.29, 0.717) is 17.9 Å². The van der Waals surface area contributed by atoms with Gasteiger partial charge in [-0.1, -0.05) is 24.3 Å². The van der Waals surface area contributed by atoms with E-state index in [1.165, 1.54) is 5.56 Å². The van der Waals surface area contributed by atoms with Crippen molar-refractivity contribution in [1.29, 1.82) is 0 Å². The van der Waals surface area contributed by atoms with Crippen LogP contribution >= 0.6 is 11.8 Å². The summed E-state index contributed by atoms with van der Waals surface area (Å²) < 4.78 is 15.3. The quantitative estimate of drug-likeness (QED) is 0.297. The summed E-state index contributed by atoms with van der Waals surface area (Å²) in [6, 6.07) is 8.13. The van der Waals surface area contributed by atoms with Crippen LogP contribution in [0.5, 0.6) is 0 Å². The number of aryl methyl sites for hydroxylation is 1. The molecule has 1 rings (SSSR count). The van der Waals surface area contributed by atoms with Crippen molar-refractivity contribution in [2.75, 3.05) is 32.6 Å². The topological polar surface area (TPSA) is 73.9 Å². The molecule has 0 aliphatic rings. The Balaban J connectivity index is 2.32. The number of hydrogen-bond acceptors (Lipinski definition) is 6. The van der Waals surface area contributed by atoms with Crippen molar-refractivity contribution in [3.05, 3.63) is 42.0 Å². The summed E-state index contributed by atoms with van der Waals surface area (Å²) in [5.74, 6) is 0.0940. The SMILES string of the molecule is C=C(C)C(=O)OCCNC(=O)OC(COC)CSc1ccc(C)cc1. The zero-order valence-electron chi connectivity index (χ0n) is 14.9. The first-order valence-corrected chi connectivity index (χ1v) is 8.86. The molecule has 0 bridgehead atoms. The van der Waals surface area contributed by atoms with Gasteiger partial charge in [-0.05, 0) is 26.0 Å². The van der Waals surface area contributed by atoms with Crippen LogP contribution in [-0.2, 0) is 19.0 Å². The molecule has 6 nitrogen and oxygen atoms in total. The first-order valence-electron chi connectivity index (χ1n) is 7.88. The lowest BCUT2D eigenvalue weighted by molar-refractivity contribution is -0.138. The monoisotopic (exact) mass is 367 g/mol. The molecule has 0 heterocycles. The highest BCUT2D eigenvalue weighted by atomic mass is 32.2. The fourth-order valence-electron chi connectivity index (χ4n) is 1.74. The zero-order chi connectivity index (χ0) is 18.7. The van der Waals surface area contributed by atoms with E-state index in [-0.39, 0.29) is 19.3 Å². The van der Waals surface area contributed by atoms with Crippen molar-refractivity contribution in [3.8, 4) is 0 Å².